The van der Waals surface area contributed by atoms with Gasteiger partial charge in [-0.3, -0.25) is 22.9 Å². The van der Waals surface area contributed by atoms with E-state index in [0.717, 1.165) is 17.1 Å². The Labute approximate surface area is 160 Å². The Bertz CT molecular complexity index is 1350. The molecule has 0 aliphatic rings. The Morgan fingerprint density at radius 1 is 1.25 bits per heavy atom. The van der Waals surface area contributed by atoms with Crippen molar-refractivity contribution < 1.29 is 4.74 Å². The largest absolute Gasteiger partial charge is 0.497 e. The minimum Gasteiger partial charge on any atom is -0.497 e. The first-order valence-corrected chi connectivity index (χ1v) is 8.93. The van der Waals surface area contributed by atoms with Crippen molar-refractivity contribution in [2.24, 2.45) is 7.05 Å². The molecular formula is C20H21N5O3. The summed E-state index contributed by atoms with van der Waals surface area (Å²) < 4.78 is 11.6. The summed E-state index contributed by atoms with van der Waals surface area (Å²) in [5.74, 6) is 1.29. The summed E-state index contributed by atoms with van der Waals surface area (Å²) >= 11 is 0. The molecule has 0 spiro atoms. The van der Waals surface area contributed by atoms with Gasteiger partial charge in [0.15, 0.2) is 11.2 Å². The van der Waals surface area contributed by atoms with Crippen LogP contribution in [0.2, 0.25) is 0 Å². The van der Waals surface area contributed by atoms with Gasteiger partial charge in [-0.25, -0.2) is 4.79 Å². The second kappa shape index (κ2) is 6.56. The zero-order valence-corrected chi connectivity index (χ0v) is 16.2. The van der Waals surface area contributed by atoms with E-state index in [2.05, 4.69) is 4.98 Å². The number of imidazole rings is 2. The van der Waals surface area contributed by atoms with E-state index in [1.165, 1.54) is 9.13 Å². The van der Waals surface area contributed by atoms with Crippen LogP contribution >= 0.6 is 0 Å². The van der Waals surface area contributed by atoms with E-state index in [1.54, 1.807) is 24.6 Å². The van der Waals surface area contributed by atoms with Crippen molar-refractivity contribution in [1.29, 1.82) is 0 Å². The van der Waals surface area contributed by atoms with Gasteiger partial charge in [-0.1, -0.05) is 18.2 Å². The maximum absolute atomic E-state index is 13.1. The van der Waals surface area contributed by atoms with Gasteiger partial charge in [0.05, 0.1) is 12.8 Å². The van der Waals surface area contributed by atoms with Crippen molar-refractivity contribution in [3.63, 3.8) is 0 Å². The highest BCUT2D eigenvalue weighted by Crippen LogP contribution is 2.23. The van der Waals surface area contributed by atoms with Gasteiger partial charge in [-0.2, -0.15) is 4.98 Å². The molecule has 3 heterocycles. The molecule has 144 valence electrons. The molecule has 8 nitrogen and oxygen atoms in total. The minimum absolute atomic E-state index is 0.223. The van der Waals surface area contributed by atoms with Gasteiger partial charge in [0.1, 0.15) is 5.75 Å². The molecule has 0 N–H and O–H groups in total. The zero-order valence-electron chi connectivity index (χ0n) is 16.2. The van der Waals surface area contributed by atoms with Crippen LogP contribution in [0.5, 0.6) is 5.75 Å². The molecule has 8 heteroatoms. The number of rotatable bonds is 4. The van der Waals surface area contributed by atoms with Crippen molar-refractivity contribution in [3.05, 3.63) is 69.1 Å². The topological polar surface area (TPSA) is 75.5 Å². The summed E-state index contributed by atoms with van der Waals surface area (Å²) in [5, 5.41) is 0. The van der Waals surface area contributed by atoms with Crippen LogP contribution in [0.1, 0.15) is 12.6 Å². The quantitative estimate of drug-likeness (QED) is 0.509. The number of aromatic nitrogens is 5. The molecule has 0 unspecified atom stereocenters. The Balaban J connectivity index is 2.09. The summed E-state index contributed by atoms with van der Waals surface area (Å²) in [6, 6.07) is 7.60. The maximum atomic E-state index is 13.1. The van der Waals surface area contributed by atoms with Crippen molar-refractivity contribution in [2.75, 3.05) is 7.11 Å². The van der Waals surface area contributed by atoms with Crippen LogP contribution < -0.4 is 16.0 Å². The molecule has 0 atom stereocenters. The first kappa shape index (κ1) is 17.8. The van der Waals surface area contributed by atoms with Gasteiger partial charge in [0.2, 0.25) is 5.78 Å². The molecule has 4 aromatic rings. The molecule has 0 aliphatic carbocycles. The first-order valence-electron chi connectivity index (χ1n) is 8.93. The second-order valence-corrected chi connectivity index (χ2v) is 6.59. The molecule has 4 rings (SSSR count). The van der Waals surface area contributed by atoms with Crippen molar-refractivity contribution in [1.82, 2.24) is 23.1 Å². The fourth-order valence-corrected chi connectivity index (χ4v) is 3.45. The van der Waals surface area contributed by atoms with Gasteiger partial charge in [0.25, 0.3) is 5.56 Å². The van der Waals surface area contributed by atoms with Crippen LogP contribution in [0.4, 0.5) is 0 Å². The average molecular weight is 379 g/mol. The number of nitrogens with zero attached hydrogens (tertiary/aromatic N) is 5. The predicted octanol–water partition coefficient (Wildman–Crippen LogP) is 2.03. The Morgan fingerprint density at radius 3 is 2.75 bits per heavy atom. The number of hydrogen-bond acceptors (Lipinski definition) is 4. The van der Waals surface area contributed by atoms with Gasteiger partial charge in [-0.05, 0) is 26.0 Å². The SMILES string of the molecule is CC=CCn1c(=O)c2c(nc3n(-c4cccc(OC)c4)c(C)cn23)n(C)c1=O. The van der Waals surface area contributed by atoms with Crippen LogP contribution in [-0.4, -0.2) is 30.2 Å². The van der Waals surface area contributed by atoms with E-state index < -0.39 is 0 Å². The summed E-state index contributed by atoms with van der Waals surface area (Å²) in [7, 11) is 3.25. The van der Waals surface area contributed by atoms with Gasteiger partial charge < -0.3 is 4.74 Å². The lowest BCUT2D eigenvalue weighted by Gasteiger charge is -2.07. The highest BCUT2D eigenvalue weighted by Gasteiger charge is 2.20. The Hall–Kier alpha value is -3.55. The average Bonchev–Trinajstić information content (AvgIpc) is 3.20. The van der Waals surface area contributed by atoms with Crippen molar-refractivity contribution in [3.8, 4) is 11.4 Å². The maximum Gasteiger partial charge on any atom is 0.332 e. The summed E-state index contributed by atoms with van der Waals surface area (Å²) in [5.41, 5.74) is 1.77. The number of ether oxygens (including phenoxy) is 1. The molecule has 0 saturated carbocycles. The first-order chi connectivity index (χ1) is 13.5. The molecule has 0 aliphatic heterocycles. The smallest absolute Gasteiger partial charge is 0.332 e. The van der Waals surface area contributed by atoms with E-state index in [-0.39, 0.29) is 17.8 Å². The molecule has 28 heavy (non-hydrogen) atoms. The standard InChI is InChI=1S/C20H21N5O3/c1-5-6-10-23-18(26)16-17(22(3)20(23)27)21-19-24(16)12-13(2)25(19)14-8-7-9-15(11-14)28-4/h5-9,11-12H,10H2,1-4H3. The lowest BCUT2D eigenvalue weighted by atomic mass is 10.3. The van der Waals surface area contributed by atoms with Crippen LogP contribution in [0.15, 0.2) is 52.2 Å². The van der Waals surface area contributed by atoms with Crippen LogP contribution in [0.25, 0.3) is 22.6 Å². The van der Waals surface area contributed by atoms with Crippen LogP contribution in [0, 0.1) is 6.92 Å². The van der Waals surface area contributed by atoms with Gasteiger partial charge in [0, 0.05) is 31.5 Å². The molecule has 1 aromatic carbocycles. The lowest BCUT2D eigenvalue weighted by Crippen LogP contribution is -2.39. The highest BCUT2D eigenvalue weighted by molar-refractivity contribution is 5.76. The number of fused-ring (bicyclic) bond motifs is 3. The highest BCUT2D eigenvalue weighted by atomic mass is 16.5. The zero-order chi connectivity index (χ0) is 20.0. The molecule has 0 saturated heterocycles. The molecule has 0 amide bonds. The molecule has 0 radical (unpaired) electrons. The Kier molecular flexibility index (Phi) is 4.18. The van der Waals surface area contributed by atoms with E-state index in [9.17, 15) is 9.59 Å². The second-order valence-electron chi connectivity index (χ2n) is 6.59. The van der Waals surface area contributed by atoms with E-state index >= 15 is 0 Å². The molecule has 0 bridgehead atoms. The lowest BCUT2D eigenvalue weighted by molar-refractivity contribution is 0.414. The van der Waals surface area contributed by atoms with Crippen LogP contribution in [0.3, 0.4) is 0 Å². The molecule has 3 aromatic heterocycles. The van der Waals surface area contributed by atoms with Gasteiger partial charge >= 0.3 is 5.69 Å². The third kappa shape index (κ3) is 2.49. The monoisotopic (exact) mass is 379 g/mol. The molecule has 0 fully saturated rings. The fourth-order valence-electron chi connectivity index (χ4n) is 3.45. The number of benzene rings is 1. The fraction of sp³-hybridized carbons (Fsp3) is 0.250. The summed E-state index contributed by atoms with van der Waals surface area (Å²) in [6.45, 7) is 4.02. The summed E-state index contributed by atoms with van der Waals surface area (Å²) in [6.07, 6.45) is 5.45. The van der Waals surface area contributed by atoms with Crippen LogP contribution in [-0.2, 0) is 13.6 Å². The molecular weight excluding hydrogens is 358 g/mol. The van der Waals surface area contributed by atoms with Crippen molar-refractivity contribution >= 4 is 16.9 Å². The number of hydrogen-bond donors (Lipinski definition) is 0. The number of methoxy groups -OCH3 is 1. The third-order valence-electron chi connectivity index (χ3n) is 4.86. The number of allylic oxidation sites excluding steroid dienone is 2. The van der Waals surface area contributed by atoms with Crippen molar-refractivity contribution in [2.45, 2.75) is 20.4 Å². The van der Waals surface area contributed by atoms with E-state index in [4.69, 9.17) is 4.74 Å². The minimum atomic E-state index is -0.388. The van der Waals surface area contributed by atoms with Gasteiger partial charge in [-0.15, -0.1) is 0 Å². The van der Waals surface area contributed by atoms with E-state index in [1.807, 2.05) is 55.0 Å². The van der Waals surface area contributed by atoms with E-state index in [0.29, 0.717) is 16.9 Å². The third-order valence-corrected chi connectivity index (χ3v) is 4.86. The normalized spacial score (nSPS) is 11.9. The predicted molar refractivity (Wildman–Crippen MR) is 108 cm³/mol. The number of aryl methyl sites for hydroxylation is 2. The summed E-state index contributed by atoms with van der Waals surface area (Å²) in [4.78, 5) is 30.3. The Morgan fingerprint density at radius 2 is 2.04 bits per heavy atom.